The van der Waals surface area contributed by atoms with E-state index >= 15 is 0 Å². The average Bonchev–Trinajstić information content (AvgIpc) is 2.34. The van der Waals surface area contributed by atoms with Crippen molar-refractivity contribution in [1.29, 1.82) is 0 Å². The first-order chi connectivity index (χ1) is 8.65. The molecule has 0 spiro atoms. The SMILES string of the molecule is Cc1ccc(CCNc2ccc(Cl)cc2C)cn1. The van der Waals surface area contributed by atoms with Crippen LogP contribution in [0.1, 0.15) is 16.8 Å². The van der Waals surface area contributed by atoms with Crippen LogP contribution in [-0.4, -0.2) is 11.5 Å². The predicted octanol–water partition coefficient (Wildman–Crippen LogP) is 4.01. The number of pyridine rings is 1. The summed E-state index contributed by atoms with van der Waals surface area (Å²) in [5, 5.41) is 4.20. The van der Waals surface area contributed by atoms with Crippen molar-refractivity contribution >= 4 is 17.3 Å². The number of anilines is 1. The van der Waals surface area contributed by atoms with Crippen LogP contribution < -0.4 is 5.32 Å². The Hall–Kier alpha value is -1.54. The number of hydrogen-bond acceptors (Lipinski definition) is 2. The van der Waals surface area contributed by atoms with E-state index in [1.54, 1.807) is 0 Å². The van der Waals surface area contributed by atoms with Crippen molar-refractivity contribution in [3.8, 4) is 0 Å². The Bertz CT molecular complexity index is 521. The van der Waals surface area contributed by atoms with Crippen molar-refractivity contribution in [2.75, 3.05) is 11.9 Å². The summed E-state index contributed by atoms with van der Waals surface area (Å²) >= 11 is 5.93. The first kappa shape index (κ1) is 12.9. The van der Waals surface area contributed by atoms with Gasteiger partial charge in [0.15, 0.2) is 0 Å². The summed E-state index contributed by atoms with van der Waals surface area (Å²) in [5.41, 5.74) is 4.61. The van der Waals surface area contributed by atoms with Gasteiger partial charge in [0.25, 0.3) is 0 Å². The van der Waals surface area contributed by atoms with Gasteiger partial charge in [-0.05, 0) is 55.7 Å². The molecule has 0 amide bonds. The summed E-state index contributed by atoms with van der Waals surface area (Å²) in [6.45, 7) is 4.95. The zero-order valence-corrected chi connectivity index (χ0v) is 11.5. The fraction of sp³-hybridized carbons (Fsp3) is 0.267. The zero-order chi connectivity index (χ0) is 13.0. The lowest BCUT2D eigenvalue weighted by molar-refractivity contribution is 0.995. The summed E-state index contributed by atoms with van der Waals surface area (Å²) in [6, 6.07) is 10.1. The Labute approximate surface area is 113 Å². The third-order valence-electron chi connectivity index (χ3n) is 2.89. The molecule has 0 fully saturated rings. The molecular formula is C15H17ClN2. The van der Waals surface area contributed by atoms with E-state index in [0.29, 0.717) is 0 Å². The van der Waals surface area contributed by atoms with Crippen molar-refractivity contribution in [3.63, 3.8) is 0 Å². The quantitative estimate of drug-likeness (QED) is 0.899. The molecule has 0 aliphatic heterocycles. The van der Waals surface area contributed by atoms with Gasteiger partial charge in [-0.2, -0.15) is 0 Å². The Kier molecular flexibility index (Phi) is 4.21. The number of rotatable bonds is 4. The standard InChI is InChI=1S/C15H17ClN2/c1-11-9-14(16)5-6-15(11)17-8-7-13-4-3-12(2)18-10-13/h3-6,9-10,17H,7-8H2,1-2H3. The van der Waals surface area contributed by atoms with E-state index in [1.807, 2.05) is 37.4 Å². The monoisotopic (exact) mass is 260 g/mol. The minimum absolute atomic E-state index is 0.779. The molecule has 2 aromatic rings. The molecule has 18 heavy (non-hydrogen) atoms. The number of benzene rings is 1. The molecular weight excluding hydrogens is 244 g/mol. The van der Waals surface area contributed by atoms with Gasteiger partial charge in [-0.3, -0.25) is 4.98 Å². The maximum atomic E-state index is 5.93. The molecule has 0 saturated heterocycles. The molecule has 0 radical (unpaired) electrons. The molecule has 0 bridgehead atoms. The van der Waals surface area contributed by atoms with Gasteiger partial charge in [-0.1, -0.05) is 17.7 Å². The fourth-order valence-corrected chi connectivity index (χ4v) is 2.04. The second-order valence-corrected chi connectivity index (χ2v) is 4.88. The lowest BCUT2D eigenvalue weighted by Crippen LogP contribution is -2.06. The normalized spacial score (nSPS) is 10.4. The van der Waals surface area contributed by atoms with E-state index in [0.717, 1.165) is 29.4 Å². The Balaban J connectivity index is 1.90. The first-order valence-corrected chi connectivity index (χ1v) is 6.44. The highest BCUT2D eigenvalue weighted by Gasteiger charge is 1.99. The molecule has 0 atom stereocenters. The van der Waals surface area contributed by atoms with E-state index in [9.17, 15) is 0 Å². The number of nitrogens with zero attached hydrogens (tertiary/aromatic N) is 1. The Morgan fingerprint density at radius 1 is 1.17 bits per heavy atom. The van der Waals surface area contributed by atoms with E-state index in [-0.39, 0.29) is 0 Å². The van der Waals surface area contributed by atoms with Crippen LogP contribution in [0, 0.1) is 13.8 Å². The fourth-order valence-electron chi connectivity index (χ4n) is 1.81. The van der Waals surface area contributed by atoms with Crippen molar-refractivity contribution in [2.24, 2.45) is 0 Å². The Morgan fingerprint density at radius 2 is 2.00 bits per heavy atom. The van der Waals surface area contributed by atoms with Crippen molar-refractivity contribution in [2.45, 2.75) is 20.3 Å². The minimum atomic E-state index is 0.779. The minimum Gasteiger partial charge on any atom is -0.384 e. The number of aryl methyl sites for hydroxylation is 2. The first-order valence-electron chi connectivity index (χ1n) is 6.07. The summed E-state index contributed by atoms with van der Waals surface area (Å²) in [6.07, 6.45) is 2.90. The second-order valence-electron chi connectivity index (χ2n) is 4.44. The molecule has 2 nitrogen and oxygen atoms in total. The highest BCUT2D eigenvalue weighted by molar-refractivity contribution is 6.30. The molecule has 2 rings (SSSR count). The molecule has 1 aromatic carbocycles. The second kappa shape index (κ2) is 5.87. The zero-order valence-electron chi connectivity index (χ0n) is 10.7. The number of halogens is 1. The van der Waals surface area contributed by atoms with Crippen LogP contribution in [0.3, 0.4) is 0 Å². The van der Waals surface area contributed by atoms with Crippen LogP contribution in [0.4, 0.5) is 5.69 Å². The van der Waals surface area contributed by atoms with Gasteiger partial charge in [0.05, 0.1) is 0 Å². The van der Waals surface area contributed by atoms with Gasteiger partial charge in [0, 0.05) is 29.1 Å². The Morgan fingerprint density at radius 3 is 2.67 bits per heavy atom. The number of hydrogen-bond donors (Lipinski definition) is 1. The van der Waals surface area contributed by atoms with E-state index in [2.05, 4.69) is 23.3 Å². The highest BCUT2D eigenvalue weighted by Crippen LogP contribution is 2.19. The summed E-state index contributed by atoms with van der Waals surface area (Å²) in [7, 11) is 0. The topological polar surface area (TPSA) is 24.9 Å². The van der Waals surface area contributed by atoms with Crippen molar-refractivity contribution in [1.82, 2.24) is 4.98 Å². The summed E-state index contributed by atoms with van der Waals surface area (Å²) in [5.74, 6) is 0. The van der Waals surface area contributed by atoms with E-state index < -0.39 is 0 Å². The van der Waals surface area contributed by atoms with Crippen molar-refractivity contribution in [3.05, 3.63) is 58.4 Å². The number of nitrogens with one attached hydrogen (secondary N) is 1. The molecule has 0 aliphatic rings. The molecule has 0 saturated carbocycles. The van der Waals surface area contributed by atoms with Gasteiger partial charge in [0.2, 0.25) is 0 Å². The molecule has 1 N–H and O–H groups in total. The molecule has 1 heterocycles. The summed E-state index contributed by atoms with van der Waals surface area (Å²) < 4.78 is 0. The van der Waals surface area contributed by atoms with E-state index in [1.165, 1.54) is 11.1 Å². The van der Waals surface area contributed by atoms with Gasteiger partial charge < -0.3 is 5.32 Å². The molecule has 0 aliphatic carbocycles. The van der Waals surface area contributed by atoms with Crippen LogP contribution in [0.25, 0.3) is 0 Å². The van der Waals surface area contributed by atoms with Crippen LogP contribution >= 0.6 is 11.6 Å². The van der Waals surface area contributed by atoms with Crippen LogP contribution in [0.2, 0.25) is 5.02 Å². The van der Waals surface area contributed by atoms with Gasteiger partial charge in [-0.25, -0.2) is 0 Å². The number of aromatic nitrogens is 1. The van der Waals surface area contributed by atoms with Crippen LogP contribution in [-0.2, 0) is 6.42 Å². The van der Waals surface area contributed by atoms with Gasteiger partial charge in [0.1, 0.15) is 0 Å². The molecule has 1 aromatic heterocycles. The average molecular weight is 261 g/mol. The smallest absolute Gasteiger partial charge is 0.0410 e. The molecule has 94 valence electrons. The van der Waals surface area contributed by atoms with Crippen LogP contribution in [0.5, 0.6) is 0 Å². The van der Waals surface area contributed by atoms with Gasteiger partial charge >= 0.3 is 0 Å². The predicted molar refractivity (Wildman–Crippen MR) is 77.4 cm³/mol. The largest absolute Gasteiger partial charge is 0.384 e. The maximum Gasteiger partial charge on any atom is 0.0410 e. The van der Waals surface area contributed by atoms with Crippen molar-refractivity contribution < 1.29 is 0 Å². The molecule has 0 unspecified atom stereocenters. The lowest BCUT2D eigenvalue weighted by Gasteiger charge is -2.09. The molecule has 3 heteroatoms. The van der Waals surface area contributed by atoms with Gasteiger partial charge in [-0.15, -0.1) is 0 Å². The lowest BCUT2D eigenvalue weighted by atomic mass is 10.1. The maximum absolute atomic E-state index is 5.93. The van der Waals surface area contributed by atoms with E-state index in [4.69, 9.17) is 11.6 Å². The highest BCUT2D eigenvalue weighted by atomic mass is 35.5. The third-order valence-corrected chi connectivity index (χ3v) is 3.13. The van der Waals surface area contributed by atoms with Crippen LogP contribution in [0.15, 0.2) is 36.5 Å². The summed E-state index contributed by atoms with van der Waals surface area (Å²) in [4.78, 5) is 4.29. The third kappa shape index (κ3) is 3.47.